The molecule has 0 aliphatic rings. The number of hydrogen-bond donors (Lipinski definition) is 2. The predicted molar refractivity (Wildman–Crippen MR) is 81.2 cm³/mol. The molecule has 0 bridgehead atoms. The molecule has 1 heterocycles. The predicted octanol–water partition coefficient (Wildman–Crippen LogP) is 1.79. The fourth-order valence-electron chi connectivity index (χ4n) is 2.18. The van der Waals surface area contributed by atoms with Gasteiger partial charge in [-0.2, -0.15) is 0 Å². The Labute approximate surface area is 125 Å². The van der Waals surface area contributed by atoms with Crippen LogP contribution in [0, 0.1) is 6.92 Å². The van der Waals surface area contributed by atoms with Crippen LogP contribution in [-0.2, 0) is 29.7 Å². The van der Waals surface area contributed by atoms with Crippen LogP contribution in [0.15, 0.2) is 41.4 Å². The molecule has 5 nitrogen and oxygen atoms in total. The highest BCUT2D eigenvalue weighted by Gasteiger charge is 2.17. The first-order valence-electron chi connectivity index (χ1n) is 6.81. The van der Waals surface area contributed by atoms with Crippen LogP contribution in [0.4, 0.5) is 0 Å². The summed E-state index contributed by atoms with van der Waals surface area (Å²) in [5.74, 6) is 0. The summed E-state index contributed by atoms with van der Waals surface area (Å²) < 4.78 is 28.9. The van der Waals surface area contributed by atoms with E-state index in [2.05, 4.69) is 4.72 Å². The van der Waals surface area contributed by atoms with Gasteiger partial charge in [0.1, 0.15) is 0 Å². The van der Waals surface area contributed by atoms with Crippen molar-refractivity contribution in [2.24, 2.45) is 0 Å². The Morgan fingerprint density at radius 2 is 2.05 bits per heavy atom. The van der Waals surface area contributed by atoms with Gasteiger partial charge in [0.15, 0.2) is 0 Å². The van der Waals surface area contributed by atoms with E-state index in [-0.39, 0.29) is 18.0 Å². The quantitative estimate of drug-likeness (QED) is 0.854. The lowest BCUT2D eigenvalue weighted by atomic mass is 10.1. The molecule has 0 amide bonds. The van der Waals surface area contributed by atoms with Gasteiger partial charge in [0.25, 0.3) is 0 Å². The number of aliphatic hydroxyl groups excluding tert-OH is 1. The Kier molecular flexibility index (Phi) is 4.82. The first-order chi connectivity index (χ1) is 9.96. The molecule has 2 rings (SSSR count). The zero-order valence-electron chi connectivity index (χ0n) is 12.2. The number of nitrogens with one attached hydrogen (secondary N) is 1. The van der Waals surface area contributed by atoms with E-state index in [1.165, 1.54) is 6.07 Å². The van der Waals surface area contributed by atoms with Crippen LogP contribution in [0.2, 0.25) is 0 Å². The molecule has 1 aromatic heterocycles. The highest BCUT2D eigenvalue weighted by Crippen LogP contribution is 2.15. The summed E-state index contributed by atoms with van der Waals surface area (Å²) in [6.45, 7) is 4.54. The standard InChI is InChI=1S/C15H20N2O3S/c1-3-17-10-15(8-14(17)11-18)21(19,20)16-9-13-6-4-5-12(2)7-13/h4-8,10,16,18H,3,9,11H2,1-2H3. The molecule has 0 saturated heterocycles. The third kappa shape index (κ3) is 3.72. The smallest absolute Gasteiger partial charge is 0.242 e. The van der Waals surface area contributed by atoms with Gasteiger partial charge in [-0.3, -0.25) is 0 Å². The van der Waals surface area contributed by atoms with Crippen LogP contribution in [-0.4, -0.2) is 18.1 Å². The number of aliphatic hydroxyl groups is 1. The first kappa shape index (κ1) is 15.8. The van der Waals surface area contributed by atoms with E-state index in [1.54, 1.807) is 10.8 Å². The number of benzene rings is 1. The molecular formula is C15H20N2O3S. The summed E-state index contributed by atoms with van der Waals surface area (Å²) in [6, 6.07) is 9.19. The van der Waals surface area contributed by atoms with E-state index >= 15 is 0 Å². The summed E-state index contributed by atoms with van der Waals surface area (Å²) in [5.41, 5.74) is 2.59. The normalized spacial score (nSPS) is 11.8. The highest BCUT2D eigenvalue weighted by molar-refractivity contribution is 7.89. The van der Waals surface area contributed by atoms with Crippen molar-refractivity contribution in [1.82, 2.24) is 9.29 Å². The topological polar surface area (TPSA) is 71.3 Å². The third-order valence-corrected chi connectivity index (χ3v) is 4.69. The minimum absolute atomic E-state index is 0.179. The van der Waals surface area contributed by atoms with Crippen LogP contribution in [0.5, 0.6) is 0 Å². The molecule has 0 radical (unpaired) electrons. The largest absolute Gasteiger partial charge is 0.390 e. The minimum Gasteiger partial charge on any atom is -0.390 e. The Morgan fingerprint density at radius 1 is 1.29 bits per heavy atom. The summed E-state index contributed by atoms with van der Waals surface area (Å²) in [6.07, 6.45) is 1.55. The second kappa shape index (κ2) is 6.43. The maximum atomic E-state index is 12.3. The van der Waals surface area contributed by atoms with E-state index in [9.17, 15) is 13.5 Å². The van der Waals surface area contributed by atoms with Gasteiger partial charge in [0.05, 0.1) is 11.5 Å². The number of rotatable bonds is 6. The van der Waals surface area contributed by atoms with Crippen molar-refractivity contribution in [2.75, 3.05) is 0 Å². The SMILES string of the molecule is CCn1cc(S(=O)(=O)NCc2cccc(C)c2)cc1CO. The fraction of sp³-hybridized carbons (Fsp3) is 0.333. The molecule has 0 aliphatic carbocycles. The molecule has 0 atom stereocenters. The lowest BCUT2D eigenvalue weighted by Crippen LogP contribution is -2.22. The second-order valence-corrected chi connectivity index (χ2v) is 6.69. The van der Waals surface area contributed by atoms with Gasteiger partial charge in [-0.1, -0.05) is 29.8 Å². The molecule has 1 aromatic carbocycles. The number of aryl methyl sites for hydroxylation is 2. The van der Waals surface area contributed by atoms with Crippen molar-refractivity contribution in [3.63, 3.8) is 0 Å². The molecule has 0 aliphatic heterocycles. The average molecular weight is 308 g/mol. The van der Waals surface area contributed by atoms with Crippen LogP contribution >= 0.6 is 0 Å². The molecule has 2 N–H and O–H groups in total. The van der Waals surface area contributed by atoms with E-state index < -0.39 is 10.0 Å². The summed E-state index contributed by atoms with van der Waals surface area (Å²) in [7, 11) is -3.58. The van der Waals surface area contributed by atoms with Gasteiger partial charge >= 0.3 is 0 Å². The number of hydrogen-bond acceptors (Lipinski definition) is 3. The highest BCUT2D eigenvalue weighted by atomic mass is 32.2. The van der Waals surface area contributed by atoms with Gasteiger partial charge in [0.2, 0.25) is 10.0 Å². The van der Waals surface area contributed by atoms with Crippen LogP contribution in [0.25, 0.3) is 0 Å². The van der Waals surface area contributed by atoms with E-state index in [4.69, 9.17) is 0 Å². The maximum Gasteiger partial charge on any atom is 0.242 e. The van der Waals surface area contributed by atoms with Crippen molar-refractivity contribution in [3.05, 3.63) is 53.3 Å². The Bertz CT molecular complexity index is 699. The number of aromatic nitrogens is 1. The van der Waals surface area contributed by atoms with E-state index in [0.29, 0.717) is 12.2 Å². The molecule has 2 aromatic rings. The van der Waals surface area contributed by atoms with Gasteiger partial charge in [-0.25, -0.2) is 13.1 Å². The minimum atomic E-state index is -3.58. The van der Waals surface area contributed by atoms with Crippen molar-refractivity contribution in [3.8, 4) is 0 Å². The molecule has 0 saturated carbocycles. The van der Waals surface area contributed by atoms with Crippen LogP contribution < -0.4 is 4.72 Å². The molecule has 0 fully saturated rings. The Hall–Kier alpha value is -1.63. The van der Waals surface area contributed by atoms with Gasteiger partial charge in [-0.15, -0.1) is 0 Å². The number of sulfonamides is 1. The zero-order chi connectivity index (χ0) is 15.5. The van der Waals surface area contributed by atoms with Crippen molar-refractivity contribution in [1.29, 1.82) is 0 Å². The Balaban J connectivity index is 2.16. The molecule has 6 heteroatoms. The average Bonchev–Trinajstić information content (AvgIpc) is 2.89. The third-order valence-electron chi connectivity index (χ3n) is 3.32. The Morgan fingerprint density at radius 3 is 2.62 bits per heavy atom. The fourth-order valence-corrected chi connectivity index (χ4v) is 3.26. The van der Waals surface area contributed by atoms with Crippen molar-refractivity contribution >= 4 is 10.0 Å². The number of nitrogens with zero attached hydrogens (tertiary/aromatic N) is 1. The van der Waals surface area contributed by atoms with Gasteiger partial charge in [-0.05, 0) is 25.5 Å². The monoisotopic (exact) mass is 308 g/mol. The lowest BCUT2D eigenvalue weighted by molar-refractivity contribution is 0.271. The molecular weight excluding hydrogens is 288 g/mol. The van der Waals surface area contributed by atoms with Gasteiger partial charge < -0.3 is 9.67 Å². The second-order valence-electron chi connectivity index (χ2n) is 4.92. The molecule has 0 spiro atoms. The lowest BCUT2D eigenvalue weighted by Gasteiger charge is -2.06. The summed E-state index contributed by atoms with van der Waals surface area (Å²) >= 11 is 0. The zero-order valence-corrected chi connectivity index (χ0v) is 13.0. The molecule has 0 unspecified atom stereocenters. The maximum absolute atomic E-state index is 12.3. The van der Waals surface area contributed by atoms with Crippen LogP contribution in [0.3, 0.4) is 0 Å². The first-order valence-corrected chi connectivity index (χ1v) is 8.29. The van der Waals surface area contributed by atoms with Crippen molar-refractivity contribution < 1.29 is 13.5 Å². The van der Waals surface area contributed by atoms with E-state index in [1.807, 2.05) is 38.1 Å². The summed E-state index contributed by atoms with van der Waals surface area (Å²) in [5, 5.41) is 9.23. The molecule has 114 valence electrons. The summed E-state index contributed by atoms with van der Waals surface area (Å²) in [4.78, 5) is 0.182. The molecule has 21 heavy (non-hydrogen) atoms. The van der Waals surface area contributed by atoms with Gasteiger partial charge in [0, 0.05) is 25.0 Å². The van der Waals surface area contributed by atoms with Crippen molar-refractivity contribution in [2.45, 2.75) is 38.4 Å². The van der Waals surface area contributed by atoms with Crippen LogP contribution in [0.1, 0.15) is 23.7 Å². The van der Waals surface area contributed by atoms with E-state index in [0.717, 1.165) is 11.1 Å².